The minimum absolute atomic E-state index is 0.115. The van der Waals surface area contributed by atoms with Crippen LogP contribution in [0.15, 0.2) is 0 Å². The summed E-state index contributed by atoms with van der Waals surface area (Å²) < 4.78 is 4.73. The molecule has 0 amide bonds. The van der Waals surface area contributed by atoms with Gasteiger partial charge in [0.25, 0.3) is 0 Å². The van der Waals surface area contributed by atoms with Gasteiger partial charge in [0.05, 0.1) is 13.0 Å². The molecule has 0 unspecified atom stereocenters. The average molecular weight is 175 g/mol. The summed E-state index contributed by atoms with van der Waals surface area (Å²) >= 11 is 0. The molecule has 0 radical (unpaired) electrons. The van der Waals surface area contributed by atoms with Crippen molar-refractivity contribution in [2.24, 2.45) is 0 Å². The Labute approximate surface area is 75.7 Å². The highest BCUT2D eigenvalue weighted by atomic mass is 16.5. The quantitative estimate of drug-likeness (QED) is 0.607. The zero-order valence-corrected chi connectivity index (χ0v) is 8.89. The molecule has 12 heavy (non-hydrogen) atoms. The van der Waals surface area contributed by atoms with Crippen LogP contribution in [0, 0.1) is 0 Å². The fourth-order valence-corrected chi connectivity index (χ4v) is 0.548. The van der Waals surface area contributed by atoms with Gasteiger partial charge in [-0.3, -0.25) is 4.79 Å². The first-order chi connectivity index (χ1) is 5.66. The minimum Gasteiger partial charge on any atom is -0.466 e. The van der Waals surface area contributed by atoms with Gasteiger partial charge in [-0.25, -0.2) is 0 Å². The van der Waals surface area contributed by atoms with Crippen molar-refractivity contribution in [3.8, 4) is 0 Å². The van der Waals surface area contributed by atoms with E-state index in [1.165, 1.54) is 0 Å². The summed E-state index contributed by atoms with van der Waals surface area (Å²) in [5, 5.41) is 0. The van der Waals surface area contributed by atoms with E-state index in [1.54, 1.807) is 0 Å². The van der Waals surface area contributed by atoms with Crippen LogP contribution in [0.2, 0.25) is 0 Å². The molecule has 74 valence electrons. The molecule has 0 bridgehead atoms. The van der Waals surface area contributed by atoms with E-state index in [0.29, 0.717) is 13.0 Å². The lowest BCUT2D eigenvalue weighted by Gasteiger charge is -2.07. The summed E-state index contributed by atoms with van der Waals surface area (Å²) in [6.45, 7) is 7.05. The summed E-state index contributed by atoms with van der Waals surface area (Å²) in [6, 6.07) is 0. The van der Waals surface area contributed by atoms with Gasteiger partial charge >= 0.3 is 5.97 Å². The average Bonchev–Trinajstić information content (AvgIpc) is 2.05. The fourth-order valence-electron chi connectivity index (χ4n) is 0.548. The van der Waals surface area contributed by atoms with Crippen LogP contribution in [0.3, 0.4) is 0 Å². The van der Waals surface area contributed by atoms with E-state index in [0.717, 1.165) is 6.54 Å². The zero-order valence-electron chi connectivity index (χ0n) is 8.89. The SMILES string of the molecule is CC.CCOC(=O)CCN(C)C. The number of esters is 1. The molecule has 0 aromatic carbocycles. The third-order valence-electron chi connectivity index (χ3n) is 1.07. The van der Waals surface area contributed by atoms with Gasteiger partial charge in [0.2, 0.25) is 0 Å². The summed E-state index contributed by atoms with van der Waals surface area (Å²) in [7, 11) is 3.86. The van der Waals surface area contributed by atoms with Gasteiger partial charge in [0.15, 0.2) is 0 Å². The molecule has 0 aliphatic rings. The molecular formula is C9H21NO2. The Hall–Kier alpha value is -0.570. The van der Waals surface area contributed by atoms with Crippen LogP contribution < -0.4 is 0 Å². The first-order valence-corrected chi connectivity index (χ1v) is 4.47. The van der Waals surface area contributed by atoms with Crippen molar-refractivity contribution in [2.45, 2.75) is 27.2 Å². The molecule has 3 nitrogen and oxygen atoms in total. The van der Waals surface area contributed by atoms with Gasteiger partial charge in [-0.2, -0.15) is 0 Å². The summed E-state index contributed by atoms with van der Waals surface area (Å²) in [6.07, 6.45) is 0.487. The van der Waals surface area contributed by atoms with Crippen molar-refractivity contribution in [3.63, 3.8) is 0 Å². The maximum atomic E-state index is 10.7. The minimum atomic E-state index is -0.115. The molecule has 0 atom stereocenters. The number of nitrogens with zero attached hydrogens (tertiary/aromatic N) is 1. The van der Waals surface area contributed by atoms with Gasteiger partial charge in [-0.1, -0.05) is 13.8 Å². The molecule has 0 aliphatic heterocycles. The standard InChI is InChI=1S/C7H15NO2.C2H6/c1-4-10-7(9)5-6-8(2)3;1-2/h4-6H2,1-3H3;1-2H3. The van der Waals surface area contributed by atoms with E-state index in [-0.39, 0.29) is 5.97 Å². The summed E-state index contributed by atoms with van der Waals surface area (Å²) in [4.78, 5) is 12.7. The number of carbonyl (C=O) groups excluding carboxylic acids is 1. The number of hydrogen-bond donors (Lipinski definition) is 0. The van der Waals surface area contributed by atoms with E-state index in [2.05, 4.69) is 0 Å². The van der Waals surface area contributed by atoms with Crippen molar-refractivity contribution in [1.29, 1.82) is 0 Å². The topological polar surface area (TPSA) is 29.5 Å². The van der Waals surface area contributed by atoms with Crippen LogP contribution in [0.4, 0.5) is 0 Å². The van der Waals surface area contributed by atoms with Crippen molar-refractivity contribution in [1.82, 2.24) is 4.90 Å². The second-order valence-electron chi connectivity index (χ2n) is 2.36. The predicted molar refractivity (Wildman–Crippen MR) is 51.2 cm³/mol. The Morgan fingerprint density at radius 3 is 2.17 bits per heavy atom. The first kappa shape index (κ1) is 14.0. The van der Waals surface area contributed by atoms with Crippen molar-refractivity contribution in [2.75, 3.05) is 27.2 Å². The second kappa shape index (κ2) is 10.4. The number of rotatable bonds is 4. The largest absolute Gasteiger partial charge is 0.466 e. The van der Waals surface area contributed by atoms with Crippen LogP contribution in [0.1, 0.15) is 27.2 Å². The molecule has 3 heteroatoms. The van der Waals surface area contributed by atoms with E-state index < -0.39 is 0 Å². The van der Waals surface area contributed by atoms with Crippen LogP contribution in [-0.2, 0) is 9.53 Å². The van der Waals surface area contributed by atoms with Crippen LogP contribution in [0.25, 0.3) is 0 Å². The van der Waals surface area contributed by atoms with E-state index >= 15 is 0 Å². The molecule has 0 fully saturated rings. The van der Waals surface area contributed by atoms with E-state index in [9.17, 15) is 4.79 Å². The Morgan fingerprint density at radius 2 is 1.83 bits per heavy atom. The highest BCUT2D eigenvalue weighted by Gasteiger charge is 2.00. The maximum absolute atomic E-state index is 10.7. The van der Waals surface area contributed by atoms with Gasteiger partial charge in [-0.15, -0.1) is 0 Å². The molecule has 0 aromatic rings. The molecule has 0 aromatic heterocycles. The van der Waals surface area contributed by atoms with Gasteiger partial charge in [0.1, 0.15) is 0 Å². The number of hydrogen-bond acceptors (Lipinski definition) is 3. The second-order valence-corrected chi connectivity index (χ2v) is 2.36. The molecule has 0 spiro atoms. The zero-order chi connectivity index (χ0) is 9.98. The monoisotopic (exact) mass is 175 g/mol. The molecular weight excluding hydrogens is 154 g/mol. The van der Waals surface area contributed by atoms with Crippen LogP contribution >= 0.6 is 0 Å². The lowest BCUT2D eigenvalue weighted by atomic mass is 10.4. The highest BCUT2D eigenvalue weighted by Crippen LogP contribution is 1.87. The lowest BCUT2D eigenvalue weighted by Crippen LogP contribution is -2.17. The Morgan fingerprint density at radius 1 is 1.33 bits per heavy atom. The Bertz CT molecular complexity index is 103. The normalized spacial score (nSPS) is 8.83. The third-order valence-corrected chi connectivity index (χ3v) is 1.07. The highest BCUT2D eigenvalue weighted by molar-refractivity contribution is 5.69. The Kier molecular flexibility index (Phi) is 12.2. The predicted octanol–water partition coefficient (Wildman–Crippen LogP) is 1.53. The molecule has 0 aliphatic carbocycles. The Balaban J connectivity index is 0. The third kappa shape index (κ3) is 12.1. The summed E-state index contributed by atoms with van der Waals surface area (Å²) in [5.74, 6) is -0.115. The van der Waals surface area contributed by atoms with Gasteiger partial charge in [-0.05, 0) is 21.0 Å². The van der Waals surface area contributed by atoms with E-state index in [4.69, 9.17) is 4.74 Å². The number of ether oxygens (including phenoxy) is 1. The van der Waals surface area contributed by atoms with Crippen LogP contribution in [-0.4, -0.2) is 38.1 Å². The lowest BCUT2D eigenvalue weighted by molar-refractivity contribution is -0.143. The fraction of sp³-hybridized carbons (Fsp3) is 0.889. The number of carbonyl (C=O) groups is 1. The van der Waals surface area contributed by atoms with E-state index in [1.807, 2.05) is 39.8 Å². The van der Waals surface area contributed by atoms with Crippen molar-refractivity contribution >= 4 is 5.97 Å². The smallest absolute Gasteiger partial charge is 0.307 e. The van der Waals surface area contributed by atoms with Gasteiger partial charge in [0, 0.05) is 6.54 Å². The molecule has 0 saturated carbocycles. The molecule has 0 rings (SSSR count). The maximum Gasteiger partial charge on any atom is 0.307 e. The first-order valence-electron chi connectivity index (χ1n) is 4.47. The van der Waals surface area contributed by atoms with Gasteiger partial charge < -0.3 is 9.64 Å². The summed E-state index contributed by atoms with van der Waals surface area (Å²) in [5.41, 5.74) is 0. The van der Waals surface area contributed by atoms with Crippen LogP contribution in [0.5, 0.6) is 0 Å². The molecule has 0 heterocycles. The van der Waals surface area contributed by atoms with Crippen molar-refractivity contribution in [3.05, 3.63) is 0 Å². The molecule has 0 saturated heterocycles. The molecule has 0 N–H and O–H groups in total. The van der Waals surface area contributed by atoms with Crippen molar-refractivity contribution < 1.29 is 9.53 Å².